The minimum atomic E-state index is -0.0780. The number of halogens is 2. The van der Waals surface area contributed by atoms with Crippen LogP contribution in [0, 0.1) is 0 Å². The number of carbonyl (C=O) groups excluding carboxylic acids is 1. The number of rotatable bonds is 6. The molecular weight excluding hydrogens is 319 g/mol. The molecule has 20 heavy (non-hydrogen) atoms. The molecule has 0 aliphatic heterocycles. The molecule has 106 valence electrons. The van der Waals surface area contributed by atoms with Crippen LogP contribution in [0.1, 0.15) is 12.8 Å². The second kappa shape index (κ2) is 7.47. The molecule has 0 saturated carbocycles. The predicted octanol–water partition coefficient (Wildman–Crippen LogP) is 4.25. The summed E-state index contributed by atoms with van der Waals surface area (Å²) >= 11 is 13.1. The van der Waals surface area contributed by atoms with Crippen LogP contribution >= 0.6 is 34.5 Å². The number of hydrogen-bond donors (Lipinski definition) is 1. The fourth-order valence-corrected chi connectivity index (χ4v) is 2.48. The van der Waals surface area contributed by atoms with Gasteiger partial charge in [0.2, 0.25) is 5.91 Å². The maximum atomic E-state index is 11.6. The summed E-state index contributed by atoms with van der Waals surface area (Å²) in [6.45, 7) is 0.409. The minimum Gasteiger partial charge on any atom is -0.492 e. The van der Waals surface area contributed by atoms with Gasteiger partial charge in [0.25, 0.3) is 0 Å². The van der Waals surface area contributed by atoms with Crippen molar-refractivity contribution in [2.45, 2.75) is 12.8 Å². The van der Waals surface area contributed by atoms with Gasteiger partial charge in [-0.05, 0) is 24.6 Å². The van der Waals surface area contributed by atoms with Crippen molar-refractivity contribution in [3.63, 3.8) is 0 Å². The van der Waals surface area contributed by atoms with E-state index in [0.29, 0.717) is 40.4 Å². The number of hydrogen-bond acceptors (Lipinski definition) is 4. The average Bonchev–Trinajstić information content (AvgIpc) is 2.89. The molecule has 0 spiro atoms. The highest BCUT2D eigenvalue weighted by Gasteiger charge is 2.05. The van der Waals surface area contributed by atoms with Crippen molar-refractivity contribution in [1.29, 1.82) is 0 Å². The lowest BCUT2D eigenvalue weighted by Crippen LogP contribution is -2.12. The van der Waals surface area contributed by atoms with Gasteiger partial charge in [-0.2, -0.15) is 0 Å². The molecule has 0 atom stereocenters. The van der Waals surface area contributed by atoms with Crippen LogP contribution in [0.2, 0.25) is 10.0 Å². The number of anilines is 1. The highest BCUT2D eigenvalue weighted by atomic mass is 35.5. The van der Waals surface area contributed by atoms with Crippen LogP contribution in [-0.4, -0.2) is 17.5 Å². The van der Waals surface area contributed by atoms with Crippen LogP contribution in [0.4, 0.5) is 5.13 Å². The van der Waals surface area contributed by atoms with Gasteiger partial charge in [0.05, 0.1) is 11.6 Å². The van der Waals surface area contributed by atoms with Crippen LogP contribution in [0.5, 0.6) is 5.75 Å². The number of nitrogens with one attached hydrogen (secondary N) is 1. The molecule has 1 aromatic heterocycles. The van der Waals surface area contributed by atoms with Gasteiger partial charge in [0.15, 0.2) is 5.13 Å². The van der Waals surface area contributed by atoms with Gasteiger partial charge in [-0.15, -0.1) is 11.3 Å². The molecule has 1 heterocycles. The minimum absolute atomic E-state index is 0.0780. The lowest BCUT2D eigenvalue weighted by molar-refractivity contribution is -0.116. The van der Waals surface area contributed by atoms with Crippen molar-refractivity contribution in [2.24, 2.45) is 0 Å². The summed E-state index contributed by atoms with van der Waals surface area (Å²) in [5, 5.41) is 6.15. The van der Waals surface area contributed by atoms with Gasteiger partial charge >= 0.3 is 0 Å². The third-order valence-corrected chi connectivity index (χ3v) is 3.60. The van der Waals surface area contributed by atoms with E-state index in [1.165, 1.54) is 11.3 Å². The molecule has 2 aromatic rings. The van der Waals surface area contributed by atoms with Crippen molar-refractivity contribution in [3.8, 4) is 5.75 Å². The molecule has 0 unspecified atom stereocenters. The van der Waals surface area contributed by atoms with Crippen LogP contribution in [0.3, 0.4) is 0 Å². The zero-order chi connectivity index (χ0) is 14.4. The van der Waals surface area contributed by atoms with Crippen LogP contribution in [0.25, 0.3) is 0 Å². The highest BCUT2D eigenvalue weighted by Crippen LogP contribution is 2.27. The molecule has 1 N–H and O–H groups in total. The molecule has 0 saturated heterocycles. The summed E-state index contributed by atoms with van der Waals surface area (Å²) in [7, 11) is 0. The zero-order valence-electron chi connectivity index (χ0n) is 10.4. The first-order chi connectivity index (χ1) is 9.65. The van der Waals surface area contributed by atoms with E-state index in [0.717, 1.165) is 0 Å². The Morgan fingerprint density at radius 3 is 2.95 bits per heavy atom. The number of nitrogens with zero attached hydrogens (tertiary/aromatic N) is 1. The molecule has 7 heteroatoms. The Kier molecular flexibility index (Phi) is 5.64. The SMILES string of the molecule is O=C(CCCOc1ccc(Cl)cc1Cl)Nc1nccs1. The molecule has 2 rings (SSSR count). The third kappa shape index (κ3) is 4.67. The fourth-order valence-electron chi connectivity index (χ4n) is 1.47. The molecule has 0 aliphatic rings. The van der Waals surface area contributed by atoms with Gasteiger partial charge in [-0.1, -0.05) is 23.2 Å². The van der Waals surface area contributed by atoms with Crippen LogP contribution < -0.4 is 10.1 Å². The van der Waals surface area contributed by atoms with E-state index in [-0.39, 0.29) is 5.91 Å². The highest BCUT2D eigenvalue weighted by molar-refractivity contribution is 7.13. The summed E-state index contributed by atoms with van der Waals surface area (Å²) < 4.78 is 5.49. The van der Waals surface area contributed by atoms with E-state index in [2.05, 4.69) is 10.3 Å². The van der Waals surface area contributed by atoms with Gasteiger partial charge in [-0.25, -0.2) is 4.98 Å². The number of ether oxygens (including phenoxy) is 1. The van der Waals surface area contributed by atoms with E-state index < -0.39 is 0 Å². The normalized spacial score (nSPS) is 10.3. The Hall–Kier alpha value is -1.30. The standard InChI is InChI=1S/C13H12Cl2N2O2S/c14-9-3-4-11(10(15)8-9)19-6-1-2-12(18)17-13-16-5-7-20-13/h3-5,7-8H,1-2,6H2,(H,16,17,18). The maximum absolute atomic E-state index is 11.6. The van der Waals surface area contributed by atoms with E-state index in [4.69, 9.17) is 27.9 Å². The van der Waals surface area contributed by atoms with Crippen LogP contribution in [0.15, 0.2) is 29.8 Å². The Morgan fingerprint density at radius 1 is 1.40 bits per heavy atom. The van der Waals surface area contributed by atoms with Crippen molar-refractivity contribution in [1.82, 2.24) is 4.98 Å². The van der Waals surface area contributed by atoms with Gasteiger partial charge < -0.3 is 10.1 Å². The van der Waals surface area contributed by atoms with E-state index >= 15 is 0 Å². The van der Waals surface area contributed by atoms with E-state index in [1.54, 1.807) is 29.8 Å². The number of aromatic nitrogens is 1. The number of benzene rings is 1. The molecule has 0 bridgehead atoms. The first-order valence-corrected chi connectivity index (χ1v) is 7.56. The van der Waals surface area contributed by atoms with Gasteiger partial charge in [0.1, 0.15) is 5.75 Å². The lowest BCUT2D eigenvalue weighted by atomic mass is 10.3. The molecule has 0 radical (unpaired) electrons. The largest absolute Gasteiger partial charge is 0.492 e. The summed E-state index contributed by atoms with van der Waals surface area (Å²) in [6, 6.07) is 5.03. The summed E-state index contributed by atoms with van der Waals surface area (Å²) in [4.78, 5) is 15.6. The third-order valence-electron chi connectivity index (χ3n) is 2.38. The van der Waals surface area contributed by atoms with Crippen molar-refractivity contribution < 1.29 is 9.53 Å². The monoisotopic (exact) mass is 330 g/mol. The summed E-state index contributed by atoms with van der Waals surface area (Å²) in [6.07, 6.45) is 2.60. The Bertz CT molecular complexity index is 576. The van der Waals surface area contributed by atoms with E-state index in [1.807, 2.05) is 0 Å². The zero-order valence-corrected chi connectivity index (χ0v) is 12.8. The molecule has 0 fully saturated rings. The molecule has 1 aromatic carbocycles. The second-order valence-electron chi connectivity index (χ2n) is 3.91. The first kappa shape index (κ1) is 15.1. The van der Waals surface area contributed by atoms with Crippen molar-refractivity contribution >= 4 is 45.6 Å². The molecule has 0 aliphatic carbocycles. The Labute approximate surface area is 130 Å². The smallest absolute Gasteiger partial charge is 0.226 e. The molecule has 1 amide bonds. The van der Waals surface area contributed by atoms with Crippen LogP contribution in [-0.2, 0) is 4.79 Å². The van der Waals surface area contributed by atoms with Crippen molar-refractivity contribution in [2.75, 3.05) is 11.9 Å². The fraction of sp³-hybridized carbons (Fsp3) is 0.231. The Balaban J connectivity index is 1.69. The Morgan fingerprint density at radius 2 is 2.25 bits per heavy atom. The lowest BCUT2D eigenvalue weighted by Gasteiger charge is -2.08. The topological polar surface area (TPSA) is 51.2 Å². The summed E-state index contributed by atoms with van der Waals surface area (Å²) in [5.41, 5.74) is 0. The average molecular weight is 331 g/mol. The van der Waals surface area contributed by atoms with Crippen molar-refractivity contribution in [3.05, 3.63) is 39.8 Å². The number of carbonyl (C=O) groups is 1. The van der Waals surface area contributed by atoms with Gasteiger partial charge in [0, 0.05) is 23.0 Å². The summed E-state index contributed by atoms with van der Waals surface area (Å²) in [5.74, 6) is 0.488. The number of thiazole rings is 1. The van der Waals surface area contributed by atoms with E-state index in [9.17, 15) is 4.79 Å². The quantitative estimate of drug-likeness (QED) is 0.805. The molecule has 4 nitrogen and oxygen atoms in total. The first-order valence-electron chi connectivity index (χ1n) is 5.92. The maximum Gasteiger partial charge on any atom is 0.226 e. The number of amides is 1. The van der Waals surface area contributed by atoms with Gasteiger partial charge in [-0.3, -0.25) is 4.79 Å². The predicted molar refractivity (Wildman–Crippen MR) is 81.9 cm³/mol. The second-order valence-corrected chi connectivity index (χ2v) is 5.65. The molecular formula is C13H12Cl2N2O2S.